The van der Waals surface area contributed by atoms with Crippen LogP contribution in [0.25, 0.3) is 11.3 Å². The molecular formula is C23H27N3O3. The molecule has 3 aromatic rings. The Kier molecular flexibility index (Phi) is 6.01. The maximum absolute atomic E-state index is 11.9. The number of aromatic nitrogens is 3. The van der Waals surface area contributed by atoms with Crippen LogP contribution in [-0.2, 0) is 18.2 Å². The van der Waals surface area contributed by atoms with Crippen molar-refractivity contribution >= 4 is 6.16 Å². The van der Waals surface area contributed by atoms with E-state index in [0.717, 1.165) is 39.3 Å². The van der Waals surface area contributed by atoms with Crippen molar-refractivity contribution < 1.29 is 14.3 Å². The first-order valence-electron chi connectivity index (χ1n) is 9.64. The lowest BCUT2D eigenvalue weighted by molar-refractivity contribution is 0.120. The Morgan fingerprint density at radius 3 is 2.38 bits per heavy atom. The van der Waals surface area contributed by atoms with E-state index in [0.29, 0.717) is 12.2 Å². The number of rotatable bonds is 5. The molecule has 0 aliphatic carbocycles. The number of nitrogens with zero attached hydrogens (tertiary/aromatic N) is 3. The lowest BCUT2D eigenvalue weighted by Crippen LogP contribution is -2.14. The monoisotopic (exact) mass is 393 g/mol. The second kappa shape index (κ2) is 8.47. The minimum atomic E-state index is -0.722. The fourth-order valence-corrected chi connectivity index (χ4v) is 3.32. The van der Waals surface area contributed by atoms with Crippen LogP contribution in [0.2, 0.25) is 0 Å². The highest BCUT2D eigenvalue weighted by atomic mass is 16.7. The van der Waals surface area contributed by atoms with Crippen molar-refractivity contribution in [3.63, 3.8) is 0 Å². The minimum absolute atomic E-state index is 0.192. The normalized spacial score (nSPS) is 11.0. The summed E-state index contributed by atoms with van der Waals surface area (Å²) in [5.41, 5.74) is 6.64. The van der Waals surface area contributed by atoms with E-state index in [-0.39, 0.29) is 5.92 Å². The van der Waals surface area contributed by atoms with Crippen molar-refractivity contribution in [2.24, 2.45) is 7.05 Å². The average molecular weight is 393 g/mol. The molecule has 0 aliphatic rings. The number of aryl methyl sites for hydroxylation is 2. The standard InChI is InChI=1S/C23H27N3O3/c1-14(2)21-19(22(29-23(27)28-6)15(3)16(4)24-21)13-17-7-9-18(10-8-17)20-11-12-26(5)25-20/h7-12,14H,13H2,1-6H3. The number of pyridine rings is 1. The van der Waals surface area contributed by atoms with E-state index in [1.807, 2.05) is 33.2 Å². The van der Waals surface area contributed by atoms with Crippen molar-refractivity contribution in [3.05, 3.63) is 64.6 Å². The highest BCUT2D eigenvalue weighted by Gasteiger charge is 2.21. The summed E-state index contributed by atoms with van der Waals surface area (Å²) in [7, 11) is 3.21. The first kappa shape index (κ1) is 20.6. The summed E-state index contributed by atoms with van der Waals surface area (Å²) in [5, 5.41) is 4.44. The van der Waals surface area contributed by atoms with Gasteiger partial charge in [-0.05, 0) is 31.4 Å². The predicted octanol–water partition coefficient (Wildman–Crippen LogP) is 4.96. The molecule has 0 bridgehead atoms. The molecule has 0 fully saturated rings. The highest BCUT2D eigenvalue weighted by Crippen LogP contribution is 2.34. The van der Waals surface area contributed by atoms with Crippen molar-refractivity contribution in [1.29, 1.82) is 0 Å². The summed E-state index contributed by atoms with van der Waals surface area (Å²) in [6.07, 6.45) is 1.81. The molecule has 0 spiro atoms. The number of hydrogen-bond donors (Lipinski definition) is 0. The molecule has 29 heavy (non-hydrogen) atoms. The molecule has 0 saturated heterocycles. The number of hydrogen-bond acceptors (Lipinski definition) is 5. The number of methoxy groups -OCH3 is 1. The van der Waals surface area contributed by atoms with Crippen LogP contribution in [0.15, 0.2) is 36.5 Å². The van der Waals surface area contributed by atoms with Crippen LogP contribution >= 0.6 is 0 Å². The van der Waals surface area contributed by atoms with Crippen LogP contribution in [-0.4, -0.2) is 28.0 Å². The lowest BCUT2D eigenvalue weighted by atomic mass is 9.94. The van der Waals surface area contributed by atoms with Gasteiger partial charge in [0.05, 0.1) is 18.5 Å². The number of carbonyl (C=O) groups is 1. The van der Waals surface area contributed by atoms with E-state index >= 15 is 0 Å². The average Bonchev–Trinajstić information content (AvgIpc) is 3.13. The number of carbonyl (C=O) groups excluding carboxylic acids is 1. The van der Waals surface area contributed by atoms with Gasteiger partial charge in [-0.1, -0.05) is 38.1 Å². The van der Waals surface area contributed by atoms with Gasteiger partial charge in [-0.3, -0.25) is 9.67 Å². The molecule has 6 nitrogen and oxygen atoms in total. The molecule has 0 amide bonds. The molecule has 0 atom stereocenters. The SMILES string of the molecule is COC(=O)Oc1c(C)c(C)nc(C(C)C)c1Cc1ccc(-c2ccn(C)n2)cc1. The number of ether oxygens (including phenoxy) is 2. The molecule has 2 heterocycles. The van der Waals surface area contributed by atoms with Crippen LogP contribution in [0.5, 0.6) is 5.75 Å². The molecule has 0 saturated carbocycles. The topological polar surface area (TPSA) is 66.2 Å². The van der Waals surface area contributed by atoms with Gasteiger partial charge in [-0.2, -0.15) is 5.10 Å². The summed E-state index contributed by atoms with van der Waals surface area (Å²) in [5.74, 6) is 0.735. The van der Waals surface area contributed by atoms with Crippen LogP contribution in [0.3, 0.4) is 0 Å². The maximum atomic E-state index is 11.9. The highest BCUT2D eigenvalue weighted by molar-refractivity contribution is 5.66. The van der Waals surface area contributed by atoms with Crippen LogP contribution in [0.1, 0.15) is 47.8 Å². The van der Waals surface area contributed by atoms with Gasteiger partial charge in [-0.25, -0.2) is 4.79 Å². The Bertz CT molecular complexity index is 1020. The van der Waals surface area contributed by atoms with Gasteiger partial charge in [0.15, 0.2) is 0 Å². The van der Waals surface area contributed by atoms with Crippen LogP contribution < -0.4 is 4.74 Å². The quantitative estimate of drug-likeness (QED) is 0.573. The van der Waals surface area contributed by atoms with Gasteiger partial charge in [0, 0.05) is 42.0 Å². The summed E-state index contributed by atoms with van der Waals surface area (Å²) < 4.78 is 12.1. The van der Waals surface area contributed by atoms with E-state index in [9.17, 15) is 4.79 Å². The van der Waals surface area contributed by atoms with Gasteiger partial charge in [-0.15, -0.1) is 0 Å². The summed E-state index contributed by atoms with van der Waals surface area (Å²) in [4.78, 5) is 16.6. The minimum Gasteiger partial charge on any atom is -0.437 e. The van der Waals surface area contributed by atoms with Gasteiger partial charge in [0.25, 0.3) is 0 Å². The van der Waals surface area contributed by atoms with Crippen LogP contribution in [0.4, 0.5) is 4.79 Å². The molecule has 152 valence electrons. The van der Waals surface area contributed by atoms with E-state index in [1.54, 1.807) is 4.68 Å². The zero-order chi connectivity index (χ0) is 21.1. The van der Waals surface area contributed by atoms with Gasteiger partial charge in [0.1, 0.15) is 5.75 Å². The molecule has 0 aliphatic heterocycles. The van der Waals surface area contributed by atoms with Gasteiger partial charge < -0.3 is 9.47 Å². The Morgan fingerprint density at radius 2 is 1.83 bits per heavy atom. The van der Waals surface area contributed by atoms with Crippen molar-refractivity contribution in [2.75, 3.05) is 7.11 Å². The first-order valence-corrected chi connectivity index (χ1v) is 9.64. The molecular weight excluding hydrogens is 366 g/mol. The molecule has 2 aromatic heterocycles. The molecule has 0 N–H and O–H groups in total. The van der Waals surface area contributed by atoms with Crippen molar-refractivity contribution in [3.8, 4) is 17.0 Å². The Hall–Kier alpha value is -3.15. The van der Waals surface area contributed by atoms with Crippen molar-refractivity contribution in [2.45, 2.75) is 40.0 Å². The van der Waals surface area contributed by atoms with E-state index in [1.165, 1.54) is 7.11 Å². The Labute approximate surface area is 171 Å². The Balaban J connectivity index is 2.00. The second-order valence-corrected chi connectivity index (χ2v) is 7.47. The maximum Gasteiger partial charge on any atom is 0.513 e. The summed E-state index contributed by atoms with van der Waals surface area (Å²) in [6, 6.07) is 10.3. The smallest absolute Gasteiger partial charge is 0.437 e. The largest absolute Gasteiger partial charge is 0.513 e. The van der Waals surface area contributed by atoms with E-state index in [2.05, 4.69) is 43.2 Å². The first-order chi connectivity index (χ1) is 13.8. The molecule has 0 unspecified atom stereocenters. The van der Waals surface area contributed by atoms with Gasteiger partial charge >= 0.3 is 6.16 Å². The Morgan fingerprint density at radius 1 is 1.14 bits per heavy atom. The van der Waals surface area contributed by atoms with Crippen LogP contribution in [0, 0.1) is 13.8 Å². The summed E-state index contributed by atoms with van der Waals surface area (Å²) in [6.45, 7) is 8.02. The molecule has 0 radical (unpaired) electrons. The van der Waals surface area contributed by atoms with E-state index < -0.39 is 6.16 Å². The molecule has 1 aromatic carbocycles. The summed E-state index contributed by atoms with van der Waals surface area (Å²) >= 11 is 0. The van der Waals surface area contributed by atoms with Gasteiger partial charge in [0.2, 0.25) is 0 Å². The predicted molar refractivity (Wildman–Crippen MR) is 112 cm³/mol. The molecule has 3 rings (SSSR count). The third kappa shape index (κ3) is 4.47. The van der Waals surface area contributed by atoms with Crippen molar-refractivity contribution in [1.82, 2.24) is 14.8 Å². The third-order valence-electron chi connectivity index (χ3n) is 5.00. The molecule has 6 heteroatoms. The number of benzene rings is 1. The van der Waals surface area contributed by atoms with E-state index in [4.69, 9.17) is 14.5 Å². The lowest BCUT2D eigenvalue weighted by Gasteiger charge is -2.20. The fourth-order valence-electron chi connectivity index (χ4n) is 3.32. The zero-order valence-electron chi connectivity index (χ0n) is 17.8. The zero-order valence-corrected chi connectivity index (χ0v) is 17.8. The fraction of sp³-hybridized carbons (Fsp3) is 0.348. The third-order valence-corrected chi connectivity index (χ3v) is 5.00. The second-order valence-electron chi connectivity index (χ2n) is 7.47.